The second-order valence-electron chi connectivity index (χ2n) is 7.79. The van der Waals surface area contributed by atoms with Crippen molar-refractivity contribution in [2.75, 3.05) is 5.32 Å². The molecular weight excluding hydrogens is 316 g/mol. The van der Waals surface area contributed by atoms with Gasteiger partial charge in [-0.3, -0.25) is 4.79 Å². The highest BCUT2D eigenvalue weighted by atomic mass is 19.3. The molecule has 130 valence electrons. The van der Waals surface area contributed by atoms with Crippen LogP contribution < -0.4 is 10.1 Å². The van der Waals surface area contributed by atoms with Gasteiger partial charge in [-0.15, -0.1) is 0 Å². The smallest absolute Gasteiger partial charge is 0.387 e. The number of anilines is 1. The molecule has 0 aromatic heterocycles. The molecule has 4 fully saturated rings. The van der Waals surface area contributed by atoms with Crippen LogP contribution in [0.3, 0.4) is 0 Å². The normalized spacial score (nSPS) is 36.8. The number of alkyl halides is 2. The Hall–Kier alpha value is -1.69. The van der Waals surface area contributed by atoms with Crippen molar-refractivity contribution in [2.24, 2.45) is 17.3 Å². The van der Waals surface area contributed by atoms with Crippen molar-refractivity contribution in [3.05, 3.63) is 24.3 Å². The molecule has 1 aromatic carbocycles. The summed E-state index contributed by atoms with van der Waals surface area (Å²) in [5.41, 5.74) is -1.07. The summed E-state index contributed by atoms with van der Waals surface area (Å²) in [5.74, 6) is 0.550. The quantitative estimate of drug-likeness (QED) is 0.883. The van der Waals surface area contributed by atoms with Gasteiger partial charge in [-0.2, -0.15) is 8.78 Å². The monoisotopic (exact) mass is 337 g/mol. The standard InChI is InChI=1S/C18H21F2NO3/c19-16(20)24-14-4-2-1-3-13(14)21-15(22)17-6-11-5-12(7-17)9-18(23,8-11)10-17/h1-4,11-12,16,23H,5-10H2,(H,21,22)/t11-,12+,17?,18?. The number of amides is 1. The zero-order valence-corrected chi connectivity index (χ0v) is 13.3. The lowest BCUT2D eigenvalue weighted by molar-refractivity contribution is -0.174. The second-order valence-corrected chi connectivity index (χ2v) is 7.79. The molecule has 2 N–H and O–H groups in total. The van der Waals surface area contributed by atoms with Crippen molar-refractivity contribution < 1.29 is 23.4 Å². The number of benzene rings is 1. The summed E-state index contributed by atoms with van der Waals surface area (Å²) >= 11 is 0. The number of hydrogen-bond acceptors (Lipinski definition) is 3. The van der Waals surface area contributed by atoms with Gasteiger partial charge in [0.1, 0.15) is 5.75 Å². The highest BCUT2D eigenvalue weighted by Crippen LogP contribution is 2.61. The molecule has 4 aliphatic carbocycles. The van der Waals surface area contributed by atoms with E-state index in [1.807, 2.05) is 0 Å². The molecule has 4 nitrogen and oxygen atoms in total. The van der Waals surface area contributed by atoms with Crippen LogP contribution in [0, 0.1) is 17.3 Å². The van der Waals surface area contributed by atoms with Crippen LogP contribution in [0.5, 0.6) is 5.75 Å². The fourth-order valence-electron chi connectivity index (χ4n) is 5.50. The molecule has 0 aliphatic heterocycles. The van der Waals surface area contributed by atoms with Crippen molar-refractivity contribution in [2.45, 2.75) is 50.7 Å². The first-order valence-electron chi connectivity index (χ1n) is 8.45. The van der Waals surface area contributed by atoms with Gasteiger partial charge < -0.3 is 15.2 Å². The first kappa shape index (κ1) is 15.8. The Kier molecular flexibility index (Phi) is 3.56. The average molecular weight is 337 g/mol. The molecule has 24 heavy (non-hydrogen) atoms. The molecular formula is C18H21F2NO3. The Morgan fingerprint density at radius 3 is 2.50 bits per heavy atom. The molecule has 0 radical (unpaired) electrons. The van der Waals surface area contributed by atoms with Crippen LogP contribution in [-0.4, -0.2) is 23.2 Å². The van der Waals surface area contributed by atoms with Crippen LogP contribution in [0.15, 0.2) is 24.3 Å². The molecule has 4 atom stereocenters. The van der Waals surface area contributed by atoms with Crippen LogP contribution in [0.2, 0.25) is 0 Å². The number of nitrogens with one attached hydrogen (secondary N) is 1. The molecule has 2 unspecified atom stereocenters. The fourth-order valence-corrected chi connectivity index (χ4v) is 5.50. The van der Waals surface area contributed by atoms with Crippen LogP contribution >= 0.6 is 0 Å². The summed E-state index contributed by atoms with van der Waals surface area (Å²) in [6.07, 6.45) is 4.66. The third-order valence-corrected chi connectivity index (χ3v) is 5.86. The fraction of sp³-hybridized carbons (Fsp3) is 0.611. The van der Waals surface area contributed by atoms with Gasteiger partial charge in [0, 0.05) is 0 Å². The lowest BCUT2D eigenvalue weighted by atomic mass is 9.47. The molecule has 6 heteroatoms. The van der Waals surface area contributed by atoms with Gasteiger partial charge in [0.2, 0.25) is 5.91 Å². The molecule has 4 saturated carbocycles. The van der Waals surface area contributed by atoms with Gasteiger partial charge in [0.25, 0.3) is 0 Å². The van der Waals surface area contributed by atoms with Crippen LogP contribution in [-0.2, 0) is 4.79 Å². The predicted molar refractivity (Wildman–Crippen MR) is 83.8 cm³/mol. The third kappa shape index (κ3) is 2.66. The highest BCUT2D eigenvalue weighted by molar-refractivity contribution is 5.97. The zero-order chi connectivity index (χ0) is 16.9. The number of rotatable bonds is 4. The SMILES string of the molecule is O=C(Nc1ccccc1OC(F)F)C12C[C@@H]3C[C@@H](CC(O)(C3)C1)C2. The molecule has 0 heterocycles. The summed E-state index contributed by atoms with van der Waals surface area (Å²) in [4.78, 5) is 13.0. The van der Waals surface area contributed by atoms with E-state index in [4.69, 9.17) is 0 Å². The minimum Gasteiger partial charge on any atom is -0.433 e. The molecule has 4 bridgehead atoms. The van der Waals surface area contributed by atoms with E-state index in [2.05, 4.69) is 10.1 Å². The van der Waals surface area contributed by atoms with E-state index in [9.17, 15) is 18.7 Å². The zero-order valence-electron chi connectivity index (χ0n) is 13.3. The Labute approximate surface area is 139 Å². The van der Waals surface area contributed by atoms with Gasteiger partial charge in [0.05, 0.1) is 16.7 Å². The summed E-state index contributed by atoms with van der Waals surface area (Å²) in [6.45, 7) is -2.94. The number of halogens is 2. The van der Waals surface area contributed by atoms with E-state index in [-0.39, 0.29) is 17.3 Å². The number of carbonyl (C=O) groups excluding carboxylic acids is 1. The summed E-state index contributed by atoms with van der Waals surface area (Å²) in [5, 5.41) is 13.5. The summed E-state index contributed by atoms with van der Waals surface area (Å²) < 4.78 is 29.6. The molecule has 5 rings (SSSR count). The Morgan fingerprint density at radius 2 is 1.88 bits per heavy atom. The second kappa shape index (κ2) is 5.41. The number of aliphatic hydroxyl groups is 1. The maximum Gasteiger partial charge on any atom is 0.387 e. The van der Waals surface area contributed by atoms with Gasteiger partial charge in [-0.25, -0.2) is 0 Å². The van der Waals surface area contributed by atoms with Crippen molar-refractivity contribution in [1.82, 2.24) is 0 Å². The van der Waals surface area contributed by atoms with Gasteiger partial charge in [-0.05, 0) is 62.5 Å². The highest BCUT2D eigenvalue weighted by Gasteiger charge is 2.60. The van der Waals surface area contributed by atoms with Crippen molar-refractivity contribution in [3.63, 3.8) is 0 Å². The molecule has 0 saturated heterocycles. The summed E-state index contributed by atoms with van der Waals surface area (Å²) in [6, 6.07) is 6.22. The van der Waals surface area contributed by atoms with E-state index >= 15 is 0 Å². The lowest BCUT2D eigenvalue weighted by Crippen LogP contribution is -2.59. The van der Waals surface area contributed by atoms with Gasteiger partial charge >= 0.3 is 6.61 Å². The van der Waals surface area contributed by atoms with Crippen molar-refractivity contribution in [3.8, 4) is 5.75 Å². The van der Waals surface area contributed by atoms with E-state index in [1.54, 1.807) is 18.2 Å². The van der Waals surface area contributed by atoms with E-state index < -0.39 is 17.6 Å². The van der Waals surface area contributed by atoms with Crippen molar-refractivity contribution >= 4 is 11.6 Å². The maximum absolute atomic E-state index is 13.0. The minimum absolute atomic E-state index is 0.0377. The topological polar surface area (TPSA) is 58.6 Å². The molecule has 0 spiro atoms. The number of carbonyl (C=O) groups is 1. The number of hydrogen-bond donors (Lipinski definition) is 2. The third-order valence-electron chi connectivity index (χ3n) is 5.86. The Bertz CT molecular complexity index is 649. The van der Waals surface area contributed by atoms with Gasteiger partial charge in [-0.1, -0.05) is 12.1 Å². The first-order valence-corrected chi connectivity index (χ1v) is 8.45. The number of para-hydroxylation sites is 2. The molecule has 4 aliphatic rings. The summed E-state index contributed by atoms with van der Waals surface area (Å²) in [7, 11) is 0. The first-order chi connectivity index (χ1) is 11.4. The largest absolute Gasteiger partial charge is 0.433 e. The van der Waals surface area contributed by atoms with Crippen LogP contribution in [0.25, 0.3) is 0 Å². The minimum atomic E-state index is -2.94. The van der Waals surface area contributed by atoms with Crippen LogP contribution in [0.4, 0.5) is 14.5 Å². The van der Waals surface area contributed by atoms with E-state index in [0.29, 0.717) is 18.3 Å². The lowest BCUT2D eigenvalue weighted by Gasteiger charge is -2.59. The van der Waals surface area contributed by atoms with E-state index in [0.717, 1.165) is 32.1 Å². The Morgan fingerprint density at radius 1 is 1.21 bits per heavy atom. The number of ether oxygens (including phenoxy) is 1. The Balaban J connectivity index is 1.57. The molecule has 1 amide bonds. The van der Waals surface area contributed by atoms with Crippen LogP contribution in [0.1, 0.15) is 38.5 Å². The average Bonchev–Trinajstić information content (AvgIpc) is 2.46. The van der Waals surface area contributed by atoms with Gasteiger partial charge in [0.15, 0.2) is 0 Å². The predicted octanol–water partition coefficient (Wildman–Crippen LogP) is 3.56. The van der Waals surface area contributed by atoms with E-state index in [1.165, 1.54) is 6.07 Å². The maximum atomic E-state index is 13.0. The van der Waals surface area contributed by atoms with Crippen molar-refractivity contribution in [1.29, 1.82) is 0 Å². The molecule has 1 aromatic rings.